The fourth-order valence-corrected chi connectivity index (χ4v) is 3.31. The summed E-state index contributed by atoms with van der Waals surface area (Å²) in [4.78, 5) is 31.2. The maximum atomic E-state index is 12.8. The number of aliphatic imine (C=N–C) groups is 2. The van der Waals surface area contributed by atoms with Gasteiger partial charge in [0.05, 0.1) is 11.9 Å². The molecule has 0 spiro atoms. The van der Waals surface area contributed by atoms with Crippen molar-refractivity contribution in [3.8, 4) is 0 Å². The van der Waals surface area contributed by atoms with Crippen molar-refractivity contribution in [3.05, 3.63) is 53.5 Å². The molecule has 1 aliphatic rings. The Morgan fingerprint density at radius 1 is 1.26 bits per heavy atom. The van der Waals surface area contributed by atoms with Gasteiger partial charge in [0.15, 0.2) is 11.5 Å². The van der Waals surface area contributed by atoms with Crippen LogP contribution >= 0.6 is 0 Å². The third-order valence-electron chi connectivity index (χ3n) is 5.26. The minimum Gasteiger partial charge on any atom is -0.419 e. The van der Waals surface area contributed by atoms with Crippen molar-refractivity contribution in [2.45, 2.75) is 19.3 Å². The van der Waals surface area contributed by atoms with Crippen LogP contribution in [0.4, 0.5) is 5.82 Å². The van der Waals surface area contributed by atoms with Gasteiger partial charge in [-0.3, -0.25) is 20.6 Å². The van der Waals surface area contributed by atoms with Crippen molar-refractivity contribution in [3.63, 3.8) is 0 Å². The molecule has 178 valence electrons. The lowest BCUT2D eigenvalue weighted by Crippen LogP contribution is -2.38. The van der Waals surface area contributed by atoms with Gasteiger partial charge in [-0.2, -0.15) is 0 Å². The van der Waals surface area contributed by atoms with E-state index in [2.05, 4.69) is 32.0 Å². The molecule has 0 radical (unpaired) electrons. The summed E-state index contributed by atoms with van der Waals surface area (Å²) in [6, 6.07) is 8.78. The average Bonchev–Trinajstić information content (AvgIpc) is 3.14. The van der Waals surface area contributed by atoms with Crippen molar-refractivity contribution >= 4 is 36.1 Å². The van der Waals surface area contributed by atoms with Crippen molar-refractivity contribution in [1.82, 2.24) is 20.2 Å². The minimum absolute atomic E-state index is 0.0173. The second-order valence-corrected chi connectivity index (χ2v) is 7.77. The quantitative estimate of drug-likeness (QED) is 0.387. The van der Waals surface area contributed by atoms with Gasteiger partial charge in [-0.25, -0.2) is 15.0 Å². The molecule has 1 fully saturated rings. The summed E-state index contributed by atoms with van der Waals surface area (Å²) in [5.41, 5.74) is 6.98. The molecule has 1 saturated heterocycles. The third-order valence-corrected chi connectivity index (χ3v) is 5.26. The second kappa shape index (κ2) is 11.8. The van der Waals surface area contributed by atoms with Crippen LogP contribution in [0.25, 0.3) is 0 Å². The molecular weight excluding hydrogens is 434 g/mol. The first kappa shape index (κ1) is 24.6. The fraction of sp³-hybridized carbons (Fsp3) is 0.348. The van der Waals surface area contributed by atoms with Gasteiger partial charge in [-0.15, -0.1) is 0 Å². The van der Waals surface area contributed by atoms with E-state index in [1.165, 1.54) is 6.20 Å². The Kier molecular flexibility index (Phi) is 8.52. The minimum atomic E-state index is -0.380. The first-order valence-electron chi connectivity index (χ1n) is 10.9. The highest BCUT2D eigenvalue weighted by atomic mass is 16.5. The van der Waals surface area contributed by atoms with Gasteiger partial charge in [0.1, 0.15) is 0 Å². The summed E-state index contributed by atoms with van der Waals surface area (Å²) in [5, 5.41) is 19.5. The van der Waals surface area contributed by atoms with Crippen molar-refractivity contribution < 1.29 is 9.53 Å². The number of amidine groups is 1. The Bertz CT molecular complexity index is 1080. The van der Waals surface area contributed by atoms with Crippen LogP contribution in [-0.4, -0.2) is 77.8 Å². The van der Waals surface area contributed by atoms with Crippen molar-refractivity contribution in [1.29, 1.82) is 10.8 Å². The molecule has 5 N–H and O–H groups in total. The van der Waals surface area contributed by atoms with Crippen LogP contribution in [0.2, 0.25) is 0 Å². The monoisotopic (exact) mass is 463 g/mol. The van der Waals surface area contributed by atoms with Gasteiger partial charge in [-0.1, -0.05) is 25.1 Å². The maximum absolute atomic E-state index is 12.8. The fourth-order valence-electron chi connectivity index (χ4n) is 3.31. The highest BCUT2D eigenvalue weighted by Crippen LogP contribution is 2.17. The number of aromatic nitrogens is 2. The van der Waals surface area contributed by atoms with Crippen LogP contribution in [0.3, 0.4) is 0 Å². The molecule has 11 nitrogen and oxygen atoms in total. The summed E-state index contributed by atoms with van der Waals surface area (Å²) in [6.07, 6.45) is 2.37. The van der Waals surface area contributed by atoms with Crippen molar-refractivity contribution in [2.75, 3.05) is 38.5 Å². The predicted octanol–water partition coefficient (Wildman–Crippen LogP) is 1.45. The van der Waals surface area contributed by atoms with Crippen LogP contribution in [0.5, 0.6) is 0 Å². The Morgan fingerprint density at radius 2 is 2.03 bits per heavy atom. The lowest BCUT2D eigenvalue weighted by atomic mass is 10.1. The van der Waals surface area contributed by atoms with E-state index in [0.717, 1.165) is 19.5 Å². The zero-order valence-corrected chi connectivity index (χ0v) is 19.1. The lowest BCUT2D eigenvalue weighted by Gasteiger charge is -2.19. The van der Waals surface area contributed by atoms with Crippen LogP contribution in [0.1, 0.15) is 36.2 Å². The van der Waals surface area contributed by atoms with Crippen molar-refractivity contribution in [2.24, 2.45) is 9.98 Å². The molecule has 1 amide bonds. The summed E-state index contributed by atoms with van der Waals surface area (Å²) in [5.74, 6) is -0.991. The number of hydrogen-bond donors (Lipinski definition) is 4. The molecule has 1 aromatic carbocycles. The maximum Gasteiger partial charge on any atom is 0.291 e. The summed E-state index contributed by atoms with van der Waals surface area (Å²) in [6.45, 7) is 8.42. The van der Waals surface area contributed by atoms with Gasteiger partial charge in [0, 0.05) is 37.7 Å². The number of ether oxygens (including phenoxy) is 1. The van der Waals surface area contributed by atoms with Gasteiger partial charge in [0.25, 0.3) is 5.91 Å². The van der Waals surface area contributed by atoms with E-state index < -0.39 is 0 Å². The van der Waals surface area contributed by atoms with Crippen LogP contribution < -0.4 is 11.1 Å². The summed E-state index contributed by atoms with van der Waals surface area (Å²) in [7, 11) is 0. The zero-order valence-electron chi connectivity index (χ0n) is 19.1. The smallest absolute Gasteiger partial charge is 0.291 e. The van der Waals surface area contributed by atoms with Crippen LogP contribution in [0.15, 0.2) is 46.5 Å². The van der Waals surface area contributed by atoms with Gasteiger partial charge < -0.3 is 20.7 Å². The Labute approximate surface area is 198 Å². The molecule has 1 unspecified atom stereocenters. The molecule has 3 rings (SSSR count). The topological polar surface area (TPSA) is 166 Å². The Morgan fingerprint density at radius 3 is 2.76 bits per heavy atom. The number of amides is 1. The van der Waals surface area contributed by atoms with Crippen LogP contribution in [0, 0.1) is 10.8 Å². The molecule has 11 heteroatoms. The SMILES string of the molecule is C=NC(=NCC(C)c1cnc(N)c(C(=N)OC(=N)c2ccccc2)n1)C(=O)N1CCCNCC1. The molecule has 0 bridgehead atoms. The predicted molar refractivity (Wildman–Crippen MR) is 132 cm³/mol. The number of carbonyl (C=O) groups is 1. The molecule has 1 aliphatic heterocycles. The number of anilines is 1. The first-order valence-corrected chi connectivity index (χ1v) is 10.9. The molecule has 2 aromatic rings. The van der Waals surface area contributed by atoms with E-state index in [9.17, 15) is 4.79 Å². The Hall–Kier alpha value is -3.99. The Balaban J connectivity index is 1.70. The van der Waals surface area contributed by atoms with E-state index in [-0.39, 0.29) is 47.5 Å². The number of nitrogens with two attached hydrogens (primary N) is 1. The van der Waals surface area contributed by atoms with E-state index >= 15 is 0 Å². The molecule has 34 heavy (non-hydrogen) atoms. The first-order chi connectivity index (χ1) is 16.4. The number of nitrogens with zero attached hydrogens (tertiary/aromatic N) is 5. The number of benzene rings is 1. The third kappa shape index (κ3) is 6.29. The van der Waals surface area contributed by atoms with E-state index in [1.807, 2.05) is 13.0 Å². The number of rotatable bonds is 5. The lowest BCUT2D eigenvalue weighted by molar-refractivity contribution is -0.124. The molecule has 2 heterocycles. The van der Waals surface area contributed by atoms with E-state index in [1.54, 1.807) is 29.2 Å². The largest absolute Gasteiger partial charge is 0.419 e. The van der Waals surface area contributed by atoms with E-state index in [4.69, 9.17) is 21.3 Å². The molecule has 0 saturated carbocycles. The van der Waals surface area contributed by atoms with Gasteiger partial charge in [-0.05, 0) is 31.8 Å². The summed E-state index contributed by atoms with van der Waals surface area (Å²) < 4.78 is 5.34. The molecule has 0 aliphatic carbocycles. The average molecular weight is 464 g/mol. The molecule has 1 aromatic heterocycles. The summed E-state index contributed by atoms with van der Waals surface area (Å²) >= 11 is 0. The number of hydrogen-bond acceptors (Lipinski definition) is 9. The van der Waals surface area contributed by atoms with E-state index in [0.29, 0.717) is 24.3 Å². The zero-order chi connectivity index (χ0) is 24.5. The standard InChI is InChI=1S/C23H29N9O2/c1-15(13-30-22(27-2)23(33)32-11-6-9-28-10-12-32)17-14-29-19(24)18(31-17)21(26)34-20(25)16-7-4-3-5-8-16/h3-5,7-8,14-15,25-26,28H,2,6,9-13H2,1H3,(H2,24,29). The molecular formula is C23H29N9O2. The molecule has 1 atom stereocenters. The highest BCUT2D eigenvalue weighted by Gasteiger charge is 2.21. The second-order valence-electron chi connectivity index (χ2n) is 7.77. The van der Waals surface area contributed by atoms with Gasteiger partial charge in [0.2, 0.25) is 17.6 Å². The normalized spacial score (nSPS) is 15.2. The van der Waals surface area contributed by atoms with Crippen LogP contribution in [-0.2, 0) is 9.53 Å². The number of nitrogens with one attached hydrogen (secondary N) is 3. The highest BCUT2D eigenvalue weighted by molar-refractivity contribution is 6.38. The number of nitrogen functional groups attached to an aromatic ring is 1. The number of carbonyl (C=O) groups excluding carboxylic acids is 1. The van der Waals surface area contributed by atoms with Gasteiger partial charge >= 0.3 is 0 Å².